The van der Waals surface area contributed by atoms with E-state index in [1.807, 2.05) is 23.1 Å². The van der Waals surface area contributed by atoms with E-state index in [4.69, 9.17) is 9.47 Å². The highest BCUT2D eigenvalue weighted by Gasteiger charge is 2.38. The maximum atomic E-state index is 13.3. The fourth-order valence-corrected chi connectivity index (χ4v) is 4.92. The second-order valence-electron chi connectivity index (χ2n) is 8.43. The molecule has 1 amide bonds. The largest absolute Gasteiger partial charge is 0.496 e. The first-order chi connectivity index (χ1) is 15.5. The molecule has 0 radical (unpaired) electrons. The minimum Gasteiger partial charge on any atom is -0.496 e. The maximum Gasteiger partial charge on any atom is 0.270 e. The lowest BCUT2D eigenvalue weighted by molar-refractivity contribution is -0.384. The number of morpholine rings is 1. The minimum absolute atomic E-state index is 0.0903. The van der Waals surface area contributed by atoms with Crippen molar-refractivity contribution < 1.29 is 19.2 Å². The van der Waals surface area contributed by atoms with Gasteiger partial charge in [-0.25, -0.2) is 0 Å². The average Bonchev–Trinajstić information content (AvgIpc) is 3.32. The Bertz CT molecular complexity index is 981. The van der Waals surface area contributed by atoms with E-state index in [2.05, 4.69) is 11.4 Å². The van der Waals surface area contributed by atoms with Gasteiger partial charge in [0.1, 0.15) is 5.75 Å². The van der Waals surface area contributed by atoms with Gasteiger partial charge in [0.05, 0.1) is 36.5 Å². The summed E-state index contributed by atoms with van der Waals surface area (Å²) in [5.41, 5.74) is 1.84. The van der Waals surface area contributed by atoms with Crippen molar-refractivity contribution in [2.45, 2.75) is 31.1 Å². The summed E-state index contributed by atoms with van der Waals surface area (Å²) in [5, 5.41) is 14.5. The van der Waals surface area contributed by atoms with Gasteiger partial charge in [-0.15, -0.1) is 0 Å². The first kappa shape index (κ1) is 22.1. The van der Waals surface area contributed by atoms with E-state index in [-0.39, 0.29) is 17.0 Å². The number of ether oxygens (including phenoxy) is 2. The molecule has 0 atom stereocenters. The van der Waals surface area contributed by atoms with Crippen LogP contribution in [0.4, 0.5) is 11.4 Å². The van der Waals surface area contributed by atoms with E-state index in [0.29, 0.717) is 44.1 Å². The minimum atomic E-state index is -0.465. The van der Waals surface area contributed by atoms with Crippen molar-refractivity contribution in [2.75, 3.05) is 44.9 Å². The summed E-state index contributed by atoms with van der Waals surface area (Å²) >= 11 is 0. The van der Waals surface area contributed by atoms with Gasteiger partial charge in [0.15, 0.2) is 0 Å². The molecule has 0 bridgehead atoms. The van der Waals surface area contributed by atoms with Crippen molar-refractivity contribution in [2.24, 2.45) is 0 Å². The third-order valence-electron chi connectivity index (χ3n) is 6.61. The van der Waals surface area contributed by atoms with Crippen LogP contribution in [0.5, 0.6) is 5.75 Å². The number of nitro benzene ring substituents is 1. The van der Waals surface area contributed by atoms with Crippen LogP contribution in [0.1, 0.15) is 41.6 Å². The highest BCUT2D eigenvalue weighted by molar-refractivity contribution is 6.00. The molecule has 0 aromatic heterocycles. The molecule has 2 aromatic rings. The molecule has 32 heavy (non-hydrogen) atoms. The summed E-state index contributed by atoms with van der Waals surface area (Å²) in [5.74, 6) is 0.532. The topological polar surface area (TPSA) is 93.9 Å². The zero-order valence-corrected chi connectivity index (χ0v) is 18.3. The highest BCUT2D eigenvalue weighted by Crippen LogP contribution is 2.44. The Kier molecular flexibility index (Phi) is 6.60. The monoisotopic (exact) mass is 439 g/mol. The second-order valence-corrected chi connectivity index (χ2v) is 8.43. The van der Waals surface area contributed by atoms with Crippen LogP contribution in [0.3, 0.4) is 0 Å². The van der Waals surface area contributed by atoms with Gasteiger partial charge in [-0.2, -0.15) is 0 Å². The number of non-ortho nitro benzene ring substituents is 1. The number of para-hydroxylation sites is 1. The SMILES string of the molecule is COc1ccccc1C1(CNC(=O)c2cc([N+](=O)[O-])ccc2N2CCOCC2)CCCC1. The molecule has 0 spiro atoms. The van der Waals surface area contributed by atoms with Gasteiger partial charge >= 0.3 is 0 Å². The third kappa shape index (κ3) is 4.41. The van der Waals surface area contributed by atoms with E-state index in [1.165, 1.54) is 12.1 Å². The number of nitrogens with one attached hydrogen (secondary N) is 1. The Balaban J connectivity index is 1.61. The van der Waals surface area contributed by atoms with Crippen LogP contribution < -0.4 is 15.0 Å². The quantitative estimate of drug-likeness (QED) is 0.522. The lowest BCUT2D eigenvalue weighted by atomic mass is 9.78. The number of methoxy groups -OCH3 is 1. The predicted molar refractivity (Wildman–Crippen MR) is 122 cm³/mol. The number of carbonyl (C=O) groups excluding carboxylic acids is 1. The highest BCUT2D eigenvalue weighted by atomic mass is 16.6. The van der Waals surface area contributed by atoms with Crippen LogP contribution in [-0.2, 0) is 10.2 Å². The average molecular weight is 440 g/mol. The van der Waals surface area contributed by atoms with Crippen molar-refractivity contribution >= 4 is 17.3 Å². The second kappa shape index (κ2) is 9.56. The van der Waals surface area contributed by atoms with Crippen molar-refractivity contribution in [1.29, 1.82) is 0 Å². The molecule has 4 rings (SSSR count). The summed E-state index contributed by atoms with van der Waals surface area (Å²) in [7, 11) is 1.66. The molecule has 2 fully saturated rings. The zero-order chi connectivity index (χ0) is 22.6. The van der Waals surface area contributed by atoms with E-state index < -0.39 is 4.92 Å². The smallest absolute Gasteiger partial charge is 0.270 e. The number of benzene rings is 2. The van der Waals surface area contributed by atoms with Crippen LogP contribution in [-0.4, -0.2) is 50.8 Å². The Morgan fingerprint density at radius 3 is 2.59 bits per heavy atom. The normalized spacial score (nSPS) is 17.7. The number of anilines is 1. The molecule has 1 N–H and O–H groups in total. The molecule has 0 unspecified atom stereocenters. The molecule has 2 aliphatic rings. The third-order valence-corrected chi connectivity index (χ3v) is 6.61. The van der Waals surface area contributed by atoms with Gasteiger partial charge in [0.25, 0.3) is 11.6 Å². The molecule has 1 saturated heterocycles. The number of nitro groups is 1. The number of nitrogens with zero attached hydrogens (tertiary/aromatic N) is 2. The molecular formula is C24H29N3O5. The number of hydrogen-bond acceptors (Lipinski definition) is 6. The van der Waals surface area contributed by atoms with Crippen molar-refractivity contribution in [1.82, 2.24) is 5.32 Å². The number of hydrogen-bond donors (Lipinski definition) is 1. The van der Waals surface area contributed by atoms with Crippen LogP contribution in [0.2, 0.25) is 0 Å². The van der Waals surface area contributed by atoms with Crippen LogP contribution in [0, 0.1) is 10.1 Å². The standard InChI is InChI=1S/C24H29N3O5/c1-31-22-7-3-2-6-20(22)24(10-4-5-11-24)17-25-23(28)19-16-18(27(29)30)8-9-21(19)26-12-14-32-15-13-26/h2-3,6-9,16H,4-5,10-15,17H2,1H3,(H,25,28). The summed E-state index contributed by atoms with van der Waals surface area (Å²) in [6.45, 7) is 2.87. The van der Waals surface area contributed by atoms with E-state index >= 15 is 0 Å². The predicted octanol–water partition coefficient (Wildman–Crippen LogP) is 3.68. The summed E-state index contributed by atoms with van der Waals surface area (Å²) < 4.78 is 11.0. The zero-order valence-electron chi connectivity index (χ0n) is 18.3. The molecule has 2 aromatic carbocycles. The molecule has 8 heteroatoms. The van der Waals surface area contributed by atoms with Crippen molar-refractivity contribution in [3.05, 3.63) is 63.7 Å². The number of amides is 1. The van der Waals surface area contributed by atoms with E-state index in [0.717, 1.165) is 37.0 Å². The van der Waals surface area contributed by atoms with Crippen LogP contribution >= 0.6 is 0 Å². The molecular weight excluding hydrogens is 410 g/mol. The van der Waals surface area contributed by atoms with Gasteiger partial charge in [-0.05, 0) is 25.0 Å². The fourth-order valence-electron chi connectivity index (χ4n) is 4.92. The first-order valence-electron chi connectivity index (χ1n) is 11.1. The van der Waals surface area contributed by atoms with E-state index in [9.17, 15) is 14.9 Å². The summed E-state index contributed by atoms with van der Waals surface area (Å²) in [4.78, 5) is 26.3. The lowest BCUT2D eigenvalue weighted by Gasteiger charge is -2.32. The van der Waals surface area contributed by atoms with E-state index in [1.54, 1.807) is 13.2 Å². The van der Waals surface area contributed by atoms with Crippen molar-refractivity contribution in [3.63, 3.8) is 0 Å². The Morgan fingerprint density at radius 2 is 1.91 bits per heavy atom. The Labute approximate surface area is 187 Å². The molecule has 1 saturated carbocycles. The lowest BCUT2D eigenvalue weighted by Crippen LogP contribution is -2.41. The summed E-state index contributed by atoms with van der Waals surface area (Å²) in [6, 6.07) is 12.5. The van der Waals surface area contributed by atoms with Gasteiger partial charge in [0, 0.05) is 42.7 Å². The number of rotatable bonds is 7. The first-order valence-corrected chi connectivity index (χ1v) is 11.1. The Morgan fingerprint density at radius 1 is 1.19 bits per heavy atom. The Hall–Kier alpha value is -3.13. The van der Waals surface area contributed by atoms with Crippen LogP contribution in [0.25, 0.3) is 0 Å². The molecule has 1 aliphatic heterocycles. The van der Waals surface area contributed by atoms with Gasteiger partial charge in [-0.3, -0.25) is 14.9 Å². The number of carbonyl (C=O) groups is 1. The fraction of sp³-hybridized carbons (Fsp3) is 0.458. The van der Waals surface area contributed by atoms with Crippen molar-refractivity contribution in [3.8, 4) is 5.75 Å². The van der Waals surface area contributed by atoms with Gasteiger partial charge in [0.2, 0.25) is 0 Å². The van der Waals surface area contributed by atoms with Crippen LogP contribution in [0.15, 0.2) is 42.5 Å². The van der Waals surface area contributed by atoms with Gasteiger partial charge < -0.3 is 19.7 Å². The molecule has 170 valence electrons. The molecule has 1 aliphatic carbocycles. The molecule has 8 nitrogen and oxygen atoms in total. The van der Waals surface area contributed by atoms with Gasteiger partial charge in [-0.1, -0.05) is 31.0 Å². The maximum absolute atomic E-state index is 13.3. The molecule has 1 heterocycles. The summed E-state index contributed by atoms with van der Waals surface area (Å²) in [6.07, 6.45) is 4.09.